The maximum atomic E-state index is 13.0. The quantitative estimate of drug-likeness (QED) is 0.588. The van der Waals surface area contributed by atoms with Gasteiger partial charge in [-0.3, -0.25) is 24.4 Å². The van der Waals surface area contributed by atoms with Crippen LogP contribution >= 0.6 is 0 Å². The van der Waals surface area contributed by atoms with Crippen LogP contribution in [-0.4, -0.2) is 45.0 Å². The number of fused-ring (bicyclic) bond motifs is 2. The molecule has 5 rings (SSSR count). The molecule has 3 heterocycles. The molecule has 1 unspecified atom stereocenters. The number of amides is 3. The largest absolute Gasteiger partial charge is 0.491 e. The van der Waals surface area contributed by atoms with Crippen molar-refractivity contribution in [3.63, 3.8) is 0 Å². The Morgan fingerprint density at radius 3 is 3.00 bits per heavy atom. The first-order valence-electron chi connectivity index (χ1n) is 10.4. The molecular weight excluding hydrogens is 396 g/mol. The van der Waals surface area contributed by atoms with E-state index in [0.717, 1.165) is 28.3 Å². The lowest BCUT2D eigenvalue weighted by Gasteiger charge is -2.28. The Kier molecular flexibility index (Phi) is 4.74. The molecule has 0 aromatic carbocycles. The fraction of sp³-hybridized carbons (Fsp3) is 0.391. The summed E-state index contributed by atoms with van der Waals surface area (Å²) < 4.78 is 7.97. The molecule has 8 heteroatoms. The Labute approximate surface area is 179 Å². The predicted octanol–water partition coefficient (Wildman–Crippen LogP) is 1.33. The molecule has 0 radical (unpaired) electrons. The molecule has 1 atom stereocenters. The van der Waals surface area contributed by atoms with Gasteiger partial charge < -0.3 is 9.64 Å². The van der Waals surface area contributed by atoms with Crippen molar-refractivity contribution in [2.45, 2.75) is 44.8 Å². The van der Waals surface area contributed by atoms with E-state index in [0.29, 0.717) is 37.8 Å². The zero-order chi connectivity index (χ0) is 21.5. The molecule has 1 N–H and O–H groups in total. The van der Waals surface area contributed by atoms with Crippen LogP contribution in [0.3, 0.4) is 0 Å². The highest BCUT2D eigenvalue weighted by Crippen LogP contribution is 2.35. The van der Waals surface area contributed by atoms with Crippen LogP contribution in [-0.2, 0) is 32.8 Å². The number of nitrogens with one attached hydrogen (secondary N) is 1. The molecule has 1 aromatic rings. The number of hydrogen-bond donors (Lipinski definition) is 1. The van der Waals surface area contributed by atoms with E-state index in [2.05, 4.69) is 22.3 Å². The molecule has 2 aliphatic carbocycles. The van der Waals surface area contributed by atoms with Crippen molar-refractivity contribution >= 4 is 23.8 Å². The van der Waals surface area contributed by atoms with Crippen molar-refractivity contribution in [3.05, 3.63) is 46.0 Å². The lowest BCUT2D eigenvalue weighted by molar-refractivity contribution is -0.142. The van der Waals surface area contributed by atoms with Crippen molar-refractivity contribution in [3.8, 4) is 11.8 Å². The van der Waals surface area contributed by atoms with Gasteiger partial charge in [-0.15, -0.1) is 0 Å². The van der Waals surface area contributed by atoms with E-state index in [-0.39, 0.29) is 24.8 Å². The summed E-state index contributed by atoms with van der Waals surface area (Å²) in [5.74, 6) is 6.17. The van der Waals surface area contributed by atoms with Crippen LogP contribution in [0.2, 0.25) is 0 Å². The van der Waals surface area contributed by atoms with Crippen LogP contribution in [0.15, 0.2) is 29.1 Å². The highest BCUT2D eigenvalue weighted by Gasteiger charge is 2.42. The summed E-state index contributed by atoms with van der Waals surface area (Å²) in [6, 6.07) is -0.626. The molecule has 2 saturated heterocycles. The van der Waals surface area contributed by atoms with E-state index < -0.39 is 11.9 Å². The van der Waals surface area contributed by atoms with Gasteiger partial charge in [0.25, 0.3) is 5.91 Å². The van der Waals surface area contributed by atoms with E-state index in [1.807, 2.05) is 25.3 Å². The number of carbonyl (C=O) groups is 3. The second-order valence-electron chi connectivity index (χ2n) is 7.99. The van der Waals surface area contributed by atoms with Crippen molar-refractivity contribution in [2.24, 2.45) is 7.05 Å². The van der Waals surface area contributed by atoms with Crippen LogP contribution in [0.1, 0.15) is 49.1 Å². The number of imide groups is 1. The minimum atomic E-state index is -0.626. The molecule has 0 saturated carbocycles. The maximum Gasteiger partial charge on any atom is 0.254 e. The smallest absolute Gasteiger partial charge is 0.254 e. The number of carbonyl (C=O) groups excluding carboxylic acids is 3. The van der Waals surface area contributed by atoms with Crippen molar-refractivity contribution in [1.82, 2.24) is 20.0 Å². The number of aromatic nitrogens is 2. The van der Waals surface area contributed by atoms with Gasteiger partial charge in [-0.1, -0.05) is 24.0 Å². The molecule has 1 aromatic heterocycles. The summed E-state index contributed by atoms with van der Waals surface area (Å²) in [7, 11) is 1.89. The summed E-state index contributed by atoms with van der Waals surface area (Å²) in [5, 5.41) is 6.90. The van der Waals surface area contributed by atoms with Gasteiger partial charge in [-0.2, -0.15) is 5.10 Å². The zero-order valence-corrected chi connectivity index (χ0v) is 17.2. The Bertz CT molecular complexity index is 1160. The van der Waals surface area contributed by atoms with E-state index in [9.17, 15) is 14.4 Å². The second kappa shape index (κ2) is 7.58. The first-order valence-corrected chi connectivity index (χ1v) is 10.4. The lowest BCUT2D eigenvalue weighted by Crippen LogP contribution is -2.52. The van der Waals surface area contributed by atoms with E-state index >= 15 is 0 Å². The van der Waals surface area contributed by atoms with Gasteiger partial charge in [0.1, 0.15) is 24.1 Å². The number of piperidine rings is 1. The number of nitrogens with zero attached hydrogens (tertiary/aromatic N) is 3. The Hall–Kier alpha value is -3.60. The minimum absolute atomic E-state index is 0.173. The average molecular weight is 418 g/mol. The number of rotatable bonds is 4. The van der Waals surface area contributed by atoms with E-state index in [4.69, 9.17) is 4.74 Å². The Morgan fingerprint density at radius 2 is 2.16 bits per heavy atom. The van der Waals surface area contributed by atoms with E-state index in [1.165, 1.54) is 0 Å². The van der Waals surface area contributed by atoms with Gasteiger partial charge >= 0.3 is 0 Å². The zero-order valence-electron chi connectivity index (χ0n) is 17.2. The molecule has 2 aliphatic heterocycles. The minimum Gasteiger partial charge on any atom is -0.491 e. The third-order valence-corrected chi connectivity index (χ3v) is 6.04. The molecule has 0 bridgehead atoms. The standard InChI is InChI=1S/C23H22N4O4/c1-26-18-8-4-2-3-6-15(18)17(25-26)13-31-20-9-5-7-14-16(20)12-27(23(14)30)19-10-11-21(28)24-22(19)29/h4,7-8,19H,2,5,9-13H2,1H3,(H,24,28,29). The lowest BCUT2D eigenvalue weighted by atomic mass is 9.98. The second-order valence-corrected chi connectivity index (χ2v) is 7.99. The summed E-state index contributed by atoms with van der Waals surface area (Å²) in [6.07, 6.45) is 8.62. The topological polar surface area (TPSA) is 93.5 Å². The first-order chi connectivity index (χ1) is 15.0. The fourth-order valence-electron chi connectivity index (χ4n) is 4.50. The molecule has 31 heavy (non-hydrogen) atoms. The summed E-state index contributed by atoms with van der Waals surface area (Å²) in [4.78, 5) is 38.3. The van der Waals surface area contributed by atoms with Crippen LogP contribution < -0.4 is 5.32 Å². The molecule has 3 amide bonds. The SMILES string of the molecule is Cn1nc(COC2=C3CN(C4CCC(=O)NC4=O)C(=O)C3=CCC2)c2c1C=CCC#C2. The molecule has 0 spiro atoms. The molecule has 158 valence electrons. The number of aryl methyl sites for hydroxylation is 1. The van der Waals surface area contributed by atoms with Gasteiger partial charge in [-0.05, 0) is 18.9 Å². The molecular formula is C23H22N4O4. The predicted molar refractivity (Wildman–Crippen MR) is 111 cm³/mol. The monoisotopic (exact) mass is 418 g/mol. The van der Waals surface area contributed by atoms with Crippen molar-refractivity contribution < 1.29 is 19.1 Å². The maximum absolute atomic E-state index is 13.0. The Morgan fingerprint density at radius 1 is 1.29 bits per heavy atom. The van der Waals surface area contributed by atoms with Gasteiger partial charge in [0, 0.05) is 37.5 Å². The molecule has 8 nitrogen and oxygen atoms in total. The normalized spacial score (nSPS) is 22.4. The fourth-order valence-corrected chi connectivity index (χ4v) is 4.50. The van der Waals surface area contributed by atoms with Gasteiger partial charge in [0.05, 0.1) is 17.8 Å². The number of hydrogen-bond acceptors (Lipinski definition) is 5. The number of likely N-dealkylation sites (tertiary alicyclic amines) is 1. The summed E-state index contributed by atoms with van der Waals surface area (Å²) in [6.45, 7) is 0.583. The van der Waals surface area contributed by atoms with Crippen LogP contribution in [0, 0.1) is 11.8 Å². The molecule has 2 fully saturated rings. The average Bonchev–Trinajstić information content (AvgIpc) is 3.11. The van der Waals surface area contributed by atoms with Crippen LogP contribution in [0.5, 0.6) is 0 Å². The van der Waals surface area contributed by atoms with Crippen LogP contribution in [0.4, 0.5) is 0 Å². The van der Waals surface area contributed by atoms with Crippen LogP contribution in [0.25, 0.3) is 6.08 Å². The first kappa shape index (κ1) is 19.4. The highest BCUT2D eigenvalue weighted by molar-refractivity contribution is 6.07. The summed E-state index contributed by atoms with van der Waals surface area (Å²) >= 11 is 0. The molecule has 4 aliphatic rings. The third-order valence-electron chi connectivity index (χ3n) is 6.04. The van der Waals surface area contributed by atoms with Gasteiger partial charge in [0.15, 0.2) is 0 Å². The van der Waals surface area contributed by atoms with Gasteiger partial charge in [-0.25, -0.2) is 0 Å². The summed E-state index contributed by atoms with van der Waals surface area (Å²) in [5.41, 5.74) is 4.04. The van der Waals surface area contributed by atoms with Crippen molar-refractivity contribution in [1.29, 1.82) is 0 Å². The van der Waals surface area contributed by atoms with Crippen molar-refractivity contribution in [2.75, 3.05) is 6.54 Å². The number of ether oxygens (including phenoxy) is 1. The van der Waals surface area contributed by atoms with Gasteiger partial charge in [0.2, 0.25) is 11.8 Å². The van der Waals surface area contributed by atoms with E-state index in [1.54, 1.807) is 9.58 Å². The number of allylic oxidation sites excluding steroid dienone is 3. The Balaban J connectivity index is 1.38. The highest BCUT2D eigenvalue weighted by atomic mass is 16.5. The third kappa shape index (κ3) is 3.36.